The van der Waals surface area contributed by atoms with E-state index < -0.39 is 0 Å². The fraction of sp³-hybridized carbons (Fsp3) is 0.412. The minimum absolute atomic E-state index is 0.0451. The zero-order valence-corrected chi connectivity index (χ0v) is 13.6. The first-order valence-electron chi connectivity index (χ1n) is 7.83. The third-order valence-corrected chi connectivity index (χ3v) is 5.87. The van der Waals surface area contributed by atoms with Gasteiger partial charge in [0.2, 0.25) is 0 Å². The standard InChI is InChI=1S/C17H18FN3OS/c1-9-20-15(16(23-9)10-2-4-12(18)5-3-10)17(22)21-8-11-6-13(11)14(21)7-19/h2-5,11,13-14H,6-8,19H2,1H3/t11-,13-,14-/m1/s1. The number of nitrogens with two attached hydrogens (primary N) is 1. The molecule has 1 aliphatic carbocycles. The number of thiazole rings is 1. The number of carbonyl (C=O) groups excluding carboxylic acids is 1. The van der Waals surface area contributed by atoms with Crippen LogP contribution in [-0.4, -0.2) is 34.9 Å². The predicted molar refractivity (Wildman–Crippen MR) is 87.7 cm³/mol. The normalized spacial score (nSPS) is 25.5. The summed E-state index contributed by atoms with van der Waals surface area (Å²) in [5, 5.41) is 0.835. The zero-order valence-electron chi connectivity index (χ0n) is 12.8. The third kappa shape index (κ3) is 2.46. The van der Waals surface area contributed by atoms with Crippen molar-refractivity contribution in [3.63, 3.8) is 0 Å². The Morgan fingerprint density at radius 3 is 2.87 bits per heavy atom. The summed E-state index contributed by atoms with van der Waals surface area (Å²) in [5.74, 6) is 0.849. The molecule has 1 aromatic carbocycles. The van der Waals surface area contributed by atoms with Gasteiger partial charge >= 0.3 is 0 Å². The number of hydrogen-bond acceptors (Lipinski definition) is 4. The summed E-state index contributed by atoms with van der Waals surface area (Å²) in [5.41, 5.74) is 7.17. The van der Waals surface area contributed by atoms with Gasteiger partial charge in [0, 0.05) is 19.1 Å². The topological polar surface area (TPSA) is 59.2 Å². The lowest BCUT2D eigenvalue weighted by atomic mass is 10.1. The van der Waals surface area contributed by atoms with Crippen molar-refractivity contribution < 1.29 is 9.18 Å². The number of benzene rings is 1. The van der Waals surface area contributed by atoms with Gasteiger partial charge in [0.1, 0.15) is 11.5 Å². The van der Waals surface area contributed by atoms with E-state index in [1.54, 1.807) is 12.1 Å². The molecule has 0 unspecified atom stereocenters. The highest BCUT2D eigenvalue weighted by molar-refractivity contribution is 7.15. The van der Waals surface area contributed by atoms with Crippen molar-refractivity contribution in [1.82, 2.24) is 9.88 Å². The van der Waals surface area contributed by atoms with Crippen molar-refractivity contribution in [1.29, 1.82) is 0 Å². The number of amides is 1. The van der Waals surface area contributed by atoms with Crippen molar-refractivity contribution in [3.05, 3.63) is 40.8 Å². The first kappa shape index (κ1) is 14.8. The Labute approximate surface area is 138 Å². The molecule has 4 rings (SSSR count). The van der Waals surface area contributed by atoms with Gasteiger partial charge in [0.05, 0.1) is 9.88 Å². The molecule has 120 valence electrons. The second kappa shape index (κ2) is 5.39. The Morgan fingerprint density at radius 2 is 2.17 bits per heavy atom. The first-order valence-corrected chi connectivity index (χ1v) is 8.64. The van der Waals surface area contributed by atoms with Crippen LogP contribution in [0.25, 0.3) is 10.4 Å². The van der Waals surface area contributed by atoms with Crippen LogP contribution < -0.4 is 5.73 Å². The van der Waals surface area contributed by atoms with Gasteiger partial charge in [-0.15, -0.1) is 11.3 Å². The fourth-order valence-electron chi connectivity index (χ4n) is 3.61. The number of aryl methyl sites for hydroxylation is 1. The van der Waals surface area contributed by atoms with Gasteiger partial charge in [0.15, 0.2) is 0 Å². The van der Waals surface area contributed by atoms with Crippen molar-refractivity contribution in [2.75, 3.05) is 13.1 Å². The second-order valence-electron chi connectivity index (χ2n) is 6.34. The van der Waals surface area contributed by atoms with Gasteiger partial charge < -0.3 is 10.6 Å². The smallest absolute Gasteiger partial charge is 0.274 e. The number of carbonyl (C=O) groups is 1. The molecule has 4 nitrogen and oxygen atoms in total. The number of likely N-dealkylation sites (tertiary alicyclic amines) is 1. The Kier molecular flexibility index (Phi) is 3.46. The molecule has 2 heterocycles. The number of rotatable bonds is 3. The van der Waals surface area contributed by atoms with Gasteiger partial charge in [-0.3, -0.25) is 4.79 Å². The molecule has 0 spiro atoms. The maximum absolute atomic E-state index is 13.2. The molecule has 0 radical (unpaired) electrons. The van der Waals surface area contributed by atoms with Crippen molar-refractivity contribution in [2.24, 2.45) is 17.6 Å². The highest BCUT2D eigenvalue weighted by atomic mass is 32.1. The Balaban J connectivity index is 1.69. The second-order valence-corrected chi connectivity index (χ2v) is 7.54. The summed E-state index contributed by atoms with van der Waals surface area (Å²) in [6.45, 7) is 3.17. The molecule has 1 saturated carbocycles. The van der Waals surface area contributed by atoms with Crippen LogP contribution in [0.1, 0.15) is 21.9 Å². The van der Waals surface area contributed by atoms with E-state index in [9.17, 15) is 9.18 Å². The largest absolute Gasteiger partial charge is 0.332 e. The van der Waals surface area contributed by atoms with E-state index in [4.69, 9.17) is 5.73 Å². The summed E-state index contributed by atoms with van der Waals surface area (Å²) in [4.78, 5) is 20.2. The lowest BCUT2D eigenvalue weighted by Gasteiger charge is -2.26. The van der Waals surface area contributed by atoms with E-state index in [0.717, 1.165) is 22.0 Å². The van der Waals surface area contributed by atoms with Crippen molar-refractivity contribution in [3.8, 4) is 10.4 Å². The Morgan fingerprint density at radius 1 is 1.43 bits per heavy atom. The Bertz CT molecular complexity index is 758. The summed E-state index contributed by atoms with van der Waals surface area (Å²) >= 11 is 1.47. The van der Waals surface area contributed by atoms with Gasteiger partial charge in [0.25, 0.3) is 5.91 Å². The number of piperidine rings is 1. The third-order valence-electron chi connectivity index (χ3n) is 4.85. The summed E-state index contributed by atoms with van der Waals surface area (Å²) in [7, 11) is 0. The lowest BCUT2D eigenvalue weighted by molar-refractivity contribution is 0.0708. The Hall–Kier alpha value is -1.79. The molecule has 1 saturated heterocycles. The monoisotopic (exact) mass is 331 g/mol. The molecule has 1 aliphatic heterocycles. The predicted octanol–water partition coefficient (Wildman–Crippen LogP) is 2.68. The fourth-order valence-corrected chi connectivity index (χ4v) is 4.53. The van der Waals surface area contributed by atoms with Gasteiger partial charge in [-0.1, -0.05) is 12.1 Å². The number of nitrogens with zero attached hydrogens (tertiary/aromatic N) is 2. The van der Waals surface area contributed by atoms with E-state index in [1.165, 1.54) is 29.9 Å². The van der Waals surface area contributed by atoms with E-state index in [0.29, 0.717) is 24.1 Å². The van der Waals surface area contributed by atoms with Crippen molar-refractivity contribution in [2.45, 2.75) is 19.4 Å². The molecule has 1 aromatic heterocycles. The molecule has 2 aliphatic rings. The molecule has 2 fully saturated rings. The maximum Gasteiger partial charge on any atom is 0.274 e. The summed E-state index contributed by atoms with van der Waals surface area (Å²) in [6, 6.07) is 6.34. The quantitative estimate of drug-likeness (QED) is 0.941. The van der Waals surface area contributed by atoms with Gasteiger partial charge in [-0.05, 0) is 42.9 Å². The molecular weight excluding hydrogens is 313 g/mol. The van der Waals surface area contributed by atoms with E-state index in [2.05, 4.69) is 4.98 Å². The minimum atomic E-state index is -0.286. The van der Waals surface area contributed by atoms with Crippen LogP contribution >= 0.6 is 11.3 Å². The van der Waals surface area contributed by atoms with Crippen LogP contribution in [0.2, 0.25) is 0 Å². The molecular formula is C17H18FN3OS. The molecule has 0 bridgehead atoms. The molecule has 23 heavy (non-hydrogen) atoms. The van der Waals surface area contributed by atoms with E-state index in [1.807, 2.05) is 11.8 Å². The molecule has 2 aromatic rings. The highest BCUT2D eigenvalue weighted by Crippen LogP contribution is 2.49. The SMILES string of the molecule is Cc1nc(C(=O)N2C[C@H]3C[C@H]3[C@H]2CN)c(-c2ccc(F)cc2)s1. The minimum Gasteiger partial charge on any atom is -0.332 e. The van der Waals surface area contributed by atoms with Crippen LogP contribution in [0, 0.1) is 24.6 Å². The van der Waals surface area contributed by atoms with Gasteiger partial charge in [-0.25, -0.2) is 9.37 Å². The molecule has 2 N–H and O–H groups in total. The number of halogens is 1. The van der Waals surface area contributed by atoms with Crippen LogP contribution in [0.3, 0.4) is 0 Å². The first-order chi connectivity index (χ1) is 11.1. The van der Waals surface area contributed by atoms with Crippen LogP contribution in [0.5, 0.6) is 0 Å². The van der Waals surface area contributed by atoms with Crippen LogP contribution in [-0.2, 0) is 0 Å². The average molecular weight is 331 g/mol. The summed E-state index contributed by atoms with van der Waals surface area (Å²) in [6.07, 6.45) is 1.19. The average Bonchev–Trinajstić information content (AvgIpc) is 3.04. The molecule has 6 heteroatoms. The van der Waals surface area contributed by atoms with E-state index >= 15 is 0 Å². The van der Waals surface area contributed by atoms with Crippen LogP contribution in [0.4, 0.5) is 4.39 Å². The van der Waals surface area contributed by atoms with E-state index in [-0.39, 0.29) is 17.8 Å². The van der Waals surface area contributed by atoms with Crippen LogP contribution in [0.15, 0.2) is 24.3 Å². The molecule has 1 amide bonds. The summed E-state index contributed by atoms with van der Waals surface area (Å²) < 4.78 is 13.2. The maximum atomic E-state index is 13.2. The van der Waals surface area contributed by atoms with Gasteiger partial charge in [-0.2, -0.15) is 0 Å². The number of hydrogen-bond donors (Lipinski definition) is 1. The highest BCUT2D eigenvalue weighted by Gasteiger charge is 2.53. The zero-order chi connectivity index (χ0) is 16.1. The number of fused-ring (bicyclic) bond motifs is 1. The molecule has 3 atom stereocenters. The number of aromatic nitrogens is 1. The van der Waals surface area contributed by atoms with Crippen molar-refractivity contribution >= 4 is 17.2 Å². The lowest BCUT2D eigenvalue weighted by Crippen LogP contribution is -2.43.